The Kier molecular flexibility index (Phi) is 3.12. The number of benzene rings is 2. The van der Waals surface area contributed by atoms with Crippen molar-refractivity contribution in [2.45, 2.75) is 11.8 Å². The lowest BCUT2D eigenvalue weighted by Crippen LogP contribution is -1.80. The van der Waals surface area contributed by atoms with Gasteiger partial charge in [0.1, 0.15) is 0 Å². The van der Waals surface area contributed by atoms with E-state index in [0.717, 1.165) is 5.75 Å². The molecule has 0 amide bonds. The molecule has 0 aliphatic carbocycles. The van der Waals surface area contributed by atoms with E-state index in [1.807, 2.05) is 11.8 Å². The number of hydrogen-bond acceptors (Lipinski definition) is 1. The van der Waals surface area contributed by atoms with Crippen LogP contribution in [0.4, 0.5) is 0 Å². The van der Waals surface area contributed by atoms with Crippen LogP contribution in [0.1, 0.15) is 6.92 Å². The van der Waals surface area contributed by atoms with Crippen LogP contribution in [0.2, 0.25) is 0 Å². The molecule has 15 heavy (non-hydrogen) atoms. The minimum atomic E-state index is 0.998. The molecule has 0 aliphatic rings. The fourth-order valence-corrected chi connectivity index (χ4v) is 2.25. The maximum atomic E-state index is 3.91. The quantitative estimate of drug-likeness (QED) is 0.535. The normalized spacial score (nSPS) is 10.5. The van der Waals surface area contributed by atoms with Crippen molar-refractivity contribution in [3.63, 3.8) is 0 Å². The van der Waals surface area contributed by atoms with E-state index in [1.54, 1.807) is 0 Å². The predicted octanol–water partition coefficient (Wildman–Crippen LogP) is 4.51. The van der Waals surface area contributed by atoms with Crippen molar-refractivity contribution < 1.29 is 0 Å². The van der Waals surface area contributed by atoms with Crippen LogP contribution in [0, 0.1) is 0 Å². The van der Waals surface area contributed by atoms with Gasteiger partial charge in [-0.25, -0.2) is 0 Å². The molecule has 0 N–H and O–H groups in total. The molecule has 0 heterocycles. The zero-order chi connectivity index (χ0) is 10.7. The van der Waals surface area contributed by atoms with Gasteiger partial charge in [0.2, 0.25) is 0 Å². The maximum Gasteiger partial charge on any atom is 0.0185 e. The average Bonchev–Trinajstić information content (AvgIpc) is 2.26. The van der Waals surface area contributed by atoms with E-state index in [1.165, 1.54) is 21.2 Å². The monoisotopic (exact) mass is 214 g/mol. The number of hydrogen-bond donors (Lipinski definition) is 0. The molecule has 76 valence electrons. The van der Waals surface area contributed by atoms with Gasteiger partial charge in [-0.2, -0.15) is 0 Å². The fraction of sp³-hybridized carbons (Fsp3) is 0.143. The molecule has 2 rings (SSSR count). The van der Waals surface area contributed by atoms with Crippen LogP contribution in [0.5, 0.6) is 0 Å². The summed E-state index contributed by atoms with van der Waals surface area (Å²) < 4.78 is 0. The smallest absolute Gasteiger partial charge is 0.0185 e. The summed E-state index contributed by atoms with van der Waals surface area (Å²) >= 11 is 1.84. The number of rotatable bonds is 3. The third-order valence-corrected chi connectivity index (χ3v) is 3.43. The molecular formula is C14H14S. The van der Waals surface area contributed by atoms with Gasteiger partial charge < -0.3 is 0 Å². The average molecular weight is 214 g/mol. The molecule has 0 radical (unpaired) electrons. The summed E-state index contributed by atoms with van der Waals surface area (Å²) in [6.07, 6.45) is 0. The molecular weight excluding hydrogens is 200 g/mol. The Labute approximate surface area is 95.0 Å². The van der Waals surface area contributed by atoms with E-state index in [2.05, 4.69) is 56.0 Å². The summed E-state index contributed by atoms with van der Waals surface area (Å²) in [6.45, 7) is 5.98. The minimum absolute atomic E-state index is 0.998. The van der Waals surface area contributed by atoms with Crippen LogP contribution in [-0.2, 0) is 0 Å². The third-order valence-electron chi connectivity index (χ3n) is 2.21. The van der Waals surface area contributed by atoms with Crippen LogP contribution in [0.15, 0.2) is 59.5 Å². The summed E-state index contributed by atoms with van der Waals surface area (Å²) in [6, 6.07) is 15.0. The van der Waals surface area contributed by atoms with E-state index in [-0.39, 0.29) is 0 Å². The second-order valence-corrected chi connectivity index (χ2v) is 4.80. The molecule has 0 bridgehead atoms. The molecule has 0 aromatic heterocycles. The summed E-state index contributed by atoms with van der Waals surface area (Å²) in [5.74, 6) is 0.998. The van der Waals surface area contributed by atoms with E-state index in [9.17, 15) is 0 Å². The van der Waals surface area contributed by atoms with Crippen molar-refractivity contribution in [3.05, 3.63) is 54.6 Å². The Morgan fingerprint density at radius 1 is 1.13 bits per heavy atom. The van der Waals surface area contributed by atoms with Crippen molar-refractivity contribution in [1.82, 2.24) is 0 Å². The first-order chi connectivity index (χ1) is 7.25. The fourth-order valence-electron chi connectivity index (χ4n) is 1.46. The van der Waals surface area contributed by atoms with Crippen LogP contribution in [-0.4, -0.2) is 5.75 Å². The van der Waals surface area contributed by atoms with Gasteiger partial charge in [0.05, 0.1) is 0 Å². The molecule has 0 aliphatic heterocycles. The van der Waals surface area contributed by atoms with Gasteiger partial charge in [-0.1, -0.05) is 42.5 Å². The van der Waals surface area contributed by atoms with E-state index in [4.69, 9.17) is 0 Å². The second-order valence-electron chi connectivity index (χ2n) is 3.75. The van der Waals surface area contributed by atoms with Crippen LogP contribution < -0.4 is 0 Å². The Bertz CT molecular complexity index is 485. The molecule has 0 unspecified atom stereocenters. The molecule has 0 fully saturated rings. The lowest BCUT2D eigenvalue weighted by molar-refractivity contribution is 1.41. The van der Waals surface area contributed by atoms with Gasteiger partial charge in [-0.15, -0.1) is 11.8 Å². The lowest BCUT2D eigenvalue weighted by Gasteiger charge is -2.03. The summed E-state index contributed by atoms with van der Waals surface area (Å²) in [5.41, 5.74) is 1.22. The lowest BCUT2D eigenvalue weighted by atomic mass is 10.1. The zero-order valence-corrected chi connectivity index (χ0v) is 9.68. The van der Waals surface area contributed by atoms with Crippen molar-refractivity contribution in [2.24, 2.45) is 0 Å². The first kappa shape index (κ1) is 10.3. The second kappa shape index (κ2) is 4.54. The highest BCUT2D eigenvalue weighted by molar-refractivity contribution is 7.99. The molecule has 0 atom stereocenters. The Morgan fingerprint density at radius 2 is 1.87 bits per heavy atom. The summed E-state index contributed by atoms with van der Waals surface area (Å²) in [5, 5.41) is 2.61. The Balaban J connectivity index is 2.26. The SMILES string of the molecule is C=C(C)CSc1ccc2ccccc2c1. The summed E-state index contributed by atoms with van der Waals surface area (Å²) in [7, 11) is 0. The Hall–Kier alpha value is -1.21. The first-order valence-electron chi connectivity index (χ1n) is 5.02. The Morgan fingerprint density at radius 3 is 2.60 bits per heavy atom. The van der Waals surface area contributed by atoms with E-state index >= 15 is 0 Å². The van der Waals surface area contributed by atoms with Crippen LogP contribution in [0.25, 0.3) is 10.8 Å². The van der Waals surface area contributed by atoms with Gasteiger partial charge in [-0.05, 0) is 29.8 Å². The van der Waals surface area contributed by atoms with Gasteiger partial charge in [-0.3, -0.25) is 0 Å². The van der Waals surface area contributed by atoms with E-state index in [0.29, 0.717) is 0 Å². The van der Waals surface area contributed by atoms with Crippen molar-refractivity contribution in [1.29, 1.82) is 0 Å². The molecule has 1 heteroatoms. The molecule has 0 spiro atoms. The predicted molar refractivity (Wildman–Crippen MR) is 69.5 cm³/mol. The highest BCUT2D eigenvalue weighted by Gasteiger charge is 1.96. The van der Waals surface area contributed by atoms with Gasteiger partial charge >= 0.3 is 0 Å². The maximum absolute atomic E-state index is 3.91. The number of fused-ring (bicyclic) bond motifs is 1. The highest BCUT2D eigenvalue weighted by Crippen LogP contribution is 2.24. The molecule has 2 aromatic carbocycles. The van der Waals surface area contributed by atoms with Gasteiger partial charge in [0, 0.05) is 10.6 Å². The van der Waals surface area contributed by atoms with Gasteiger partial charge in [0.25, 0.3) is 0 Å². The van der Waals surface area contributed by atoms with Crippen molar-refractivity contribution in [3.8, 4) is 0 Å². The topological polar surface area (TPSA) is 0 Å². The molecule has 0 saturated carbocycles. The van der Waals surface area contributed by atoms with Crippen LogP contribution in [0.3, 0.4) is 0 Å². The van der Waals surface area contributed by atoms with Crippen molar-refractivity contribution >= 4 is 22.5 Å². The molecule has 0 nitrogen and oxygen atoms in total. The van der Waals surface area contributed by atoms with Gasteiger partial charge in [0.15, 0.2) is 0 Å². The molecule has 2 aromatic rings. The largest absolute Gasteiger partial charge is 0.122 e. The minimum Gasteiger partial charge on any atom is -0.122 e. The number of thioether (sulfide) groups is 1. The zero-order valence-electron chi connectivity index (χ0n) is 8.86. The molecule has 0 saturated heterocycles. The van der Waals surface area contributed by atoms with Crippen molar-refractivity contribution in [2.75, 3.05) is 5.75 Å². The first-order valence-corrected chi connectivity index (χ1v) is 6.00. The van der Waals surface area contributed by atoms with Crippen LogP contribution >= 0.6 is 11.8 Å². The van der Waals surface area contributed by atoms with E-state index < -0.39 is 0 Å². The standard InChI is InChI=1S/C14H14S/c1-11(2)10-15-14-8-7-12-5-3-4-6-13(12)9-14/h3-9H,1,10H2,2H3. The summed E-state index contributed by atoms with van der Waals surface area (Å²) in [4.78, 5) is 1.32. The third kappa shape index (κ3) is 2.63. The highest BCUT2D eigenvalue weighted by atomic mass is 32.2.